The summed E-state index contributed by atoms with van der Waals surface area (Å²) in [4.78, 5) is 26.2. The molecule has 0 heterocycles. The van der Waals surface area contributed by atoms with Crippen molar-refractivity contribution in [3.05, 3.63) is 58.7 Å². The SMILES string of the molecule is COc1ccc(CN(C)CC(=O)NCC(=O)Nc2c(C)cc(C)cc2C)cc1. The van der Waals surface area contributed by atoms with Crippen molar-refractivity contribution in [2.45, 2.75) is 27.3 Å². The highest BCUT2D eigenvalue weighted by Crippen LogP contribution is 2.21. The molecule has 0 radical (unpaired) electrons. The summed E-state index contributed by atoms with van der Waals surface area (Å²) >= 11 is 0. The fraction of sp³-hybridized carbons (Fsp3) is 0.364. The number of hydrogen-bond acceptors (Lipinski definition) is 4. The summed E-state index contributed by atoms with van der Waals surface area (Å²) in [5.41, 5.74) is 5.06. The van der Waals surface area contributed by atoms with Gasteiger partial charge in [-0.05, 0) is 56.6 Å². The van der Waals surface area contributed by atoms with E-state index in [0.29, 0.717) is 6.54 Å². The zero-order chi connectivity index (χ0) is 20.7. The number of ether oxygens (including phenoxy) is 1. The maximum atomic E-state index is 12.2. The number of rotatable bonds is 8. The average Bonchev–Trinajstić information content (AvgIpc) is 2.63. The lowest BCUT2D eigenvalue weighted by atomic mass is 10.1. The summed E-state index contributed by atoms with van der Waals surface area (Å²) in [7, 11) is 3.49. The topological polar surface area (TPSA) is 70.7 Å². The standard InChI is InChI=1S/C22H29N3O3/c1-15-10-16(2)22(17(3)11-15)24-20(26)12-23-21(27)14-25(4)13-18-6-8-19(28-5)9-7-18/h6-11H,12-14H2,1-5H3,(H,23,27)(H,24,26). The van der Waals surface area contributed by atoms with Gasteiger partial charge in [0, 0.05) is 12.2 Å². The summed E-state index contributed by atoms with van der Waals surface area (Å²) in [6, 6.07) is 11.8. The third-order valence-corrected chi connectivity index (χ3v) is 4.41. The molecule has 0 bridgehead atoms. The van der Waals surface area contributed by atoms with Gasteiger partial charge in [-0.1, -0.05) is 29.8 Å². The Balaban J connectivity index is 1.79. The lowest BCUT2D eigenvalue weighted by molar-refractivity contribution is -0.124. The smallest absolute Gasteiger partial charge is 0.243 e. The van der Waals surface area contributed by atoms with Gasteiger partial charge in [-0.25, -0.2) is 0 Å². The maximum Gasteiger partial charge on any atom is 0.243 e. The third-order valence-electron chi connectivity index (χ3n) is 4.41. The monoisotopic (exact) mass is 383 g/mol. The fourth-order valence-electron chi connectivity index (χ4n) is 3.14. The second-order valence-electron chi connectivity index (χ2n) is 7.12. The van der Waals surface area contributed by atoms with Gasteiger partial charge in [0.15, 0.2) is 0 Å². The predicted molar refractivity (Wildman–Crippen MR) is 112 cm³/mol. The van der Waals surface area contributed by atoms with Crippen molar-refractivity contribution in [2.75, 3.05) is 32.6 Å². The summed E-state index contributed by atoms with van der Waals surface area (Å²) in [6.45, 7) is 6.73. The highest BCUT2D eigenvalue weighted by atomic mass is 16.5. The van der Waals surface area contributed by atoms with Crippen molar-refractivity contribution in [3.63, 3.8) is 0 Å². The number of carbonyl (C=O) groups excluding carboxylic acids is 2. The Kier molecular flexibility index (Phi) is 7.58. The van der Waals surface area contributed by atoms with E-state index in [1.165, 1.54) is 0 Å². The van der Waals surface area contributed by atoms with Crippen molar-refractivity contribution >= 4 is 17.5 Å². The Labute approximate surface area is 166 Å². The van der Waals surface area contributed by atoms with Gasteiger partial charge in [-0.2, -0.15) is 0 Å². The summed E-state index contributed by atoms with van der Waals surface area (Å²) in [6.07, 6.45) is 0. The molecule has 150 valence electrons. The molecule has 2 amide bonds. The number of likely N-dealkylation sites (N-methyl/N-ethyl adjacent to an activating group) is 1. The largest absolute Gasteiger partial charge is 0.497 e. The normalized spacial score (nSPS) is 10.6. The van der Waals surface area contributed by atoms with Gasteiger partial charge in [0.1, 0.15) is 5.75 Å². The Bertz CT molecular complexity index is 808. The Morgan fingerprint density at radius 3 is 2.18 bits per heavy atom. The fourth-order valence-corrected chi connectivity index (χ4v) is 3.14. The van der Waals surface area contributed by atoms with Gasteiger partial charge in [-0.3, -0.25) is 14.5 Å². The van der Waals surface area contributed by atoms with E-state index >= 15 is 0 Å². The average molecular weight is 383 g/mol. The first-order chi connectivity index (χ1) is 13.3. The first kappa shape index (κ1) is 21.4. The van der Waals surface area contributed by atoms with Crippen molar-refractivity contribution in [2.24, 2.45) is 0 Å². The zero-order valence-electron chi connectivity index (χ0n) is 17.3. The molecule has 0 fully saturated rings. The zero-order valence-corrected chi connectivity index (χ0v) is 17.3. The molecule has 0 spiro atoms. The van der Waals surface area contributed by atoms with Crippen LogP contribution in [0.2, 0.25) is 0 Å². The van der Waals surface area contributed by atoms with Crippen molar-refractivity contribution in [3.8, 4) is 5.75 Å². The number of methoxy groups -OCH3 is 1. The van der Waals surface area contributed by atoms with Crippen LogP contribution in [-0.2, 0) is 16.1 Å². The summed E-state index contributed by atoms with van der Waals surface area (Å²) < 4.78 is 5.14. The number of amides is 2. The number of benzene rings is 2. The van der Waals surface area contributed by atoms with Crippen LogP contribution in [-0.4, -0.2) is 44.0 Å². The highest BCUT2D eigenvalue weighted by Gasteiger charge is 2.11. The first-order valence-corrected chi connectivity index (χ1v) is 9.24. The van der Waals surface area contributed by atoms with Crippen LogP contribution in [0.25, 0.3) is 0 Å². The van der Waals surface area contributed by atoms with E-state index in [1.807, 2.05) is 69.1 Å². The molecule has 28 heavy (non-hydrogen) atoms. The number of nitrogens with one attached hydrogen (secondary N) is 2. The van der Waals surface area contributed by atoms with E-state index in [4.69, 9.17) is 4.74 Å². The molecule has 0 saturated carbocycles. The van der Waals surface area contributed by atoms with Crippen molar-refractivity contribution in [1.82, 2.24) is 10.2 Å². The molecule has 2 aromatic carbocycles. The van der Waals surface area contributed by atoms with Crippen LogP contribution in [0.4, 0.5) is 5.69 Å². The molecule has 6 nitrogen and oxygen atoms in total. The Morgan fingerprint density at radius 1 is 1.00 bits per heavy atom. The lowest BCUT2D eigenvalue weighted by Crippen LogP contribution is -2.39. The molecule has 0 atom stereocenters. The minimum atomic E-state index is -0.235. The van der Waals surface area contributed by atoms with Crippen LogP contribution in [0.15, 0.2) is 36.4 Å². The molecule has 0 unspecified atom stereocenters. The molecule has 0 aliphatic heterocycles. The molecule has 0 aliphatic carbocycles. The van der Waals surface area contributed by atoms with E-state index in [9.17, 15) is 9.59 Å². The van der Waals surface area contributed by atoms with E-state index in [0.717, 1.165) is 33.7 Å². The van der Waals surface area contributed by atoms with Crippen LogP contribution < -0.4 is 15.4 Å². The minimum absolute atomic E-state index is 0.0536. The number of anilines is 1. The lowest BCUT2D eigenvalue weighted by Gasteiger charge is -2.17. The number of nitrogens with zero attached hydrogens (tertiary/aromatic N) is 1. The Morgan fingerprint density at radius 2 is 1.61 bits per heavy atom. The molecule has 0 aromatic heterocycles. The van der Waals surface area contributed by atoms with Crippen molar-refractivity contribution in [1.29, 1.82) is 0 Å². The minimum Gasteiger partial charge on any atom is -0.497 e. The Hall–Kier alpha value is -2.86. The van der Waals surface area contributed by atoms with Crippen LogP contribution >= 0.6 is 0 Å². The third kappa shape index (κ3) is 6.39. The quantitative estimate of drug-likeness (QED) is 0.735. The van der Waals surface area contributed by atoms with Crippen molar-refractivity contribution < 1.29 is 14.3 Å². The van der Waals surface area contributed by atoms with Gasteiger partial charge in [0.05, 0.1) is 20.2 Å². The predicted octanol–water partition coefficient (Wildman–Crippen LogP) is 2.81. The maximum absolute atomic E-state index is 12.2. The van der Waals surface area contributed by atoms with Gasteiger partial charge < -0.3 is 15.4 Å². The first-order valence-electron chi connectivity index (χ1n) is 9.24. The summed E-state index contributed by atoms with van der Waals surface area (Å²) in [5.74, 6) is 0.374. The number of aryl methyl sites for hydroxylation is 3. The van der Waals surface area contributed by atoms with E-state index in [-0.39, 0.29) is 24.9 Å². The van der Waals surface area contributed by atoms with Crippen LogP contribution in [0.3, 0.4) is 0 Å². The molecule has 6 heteroatoms. The molecular formula is C22H29N3O3. The van der Waals surface area contributed by atoms with Crippen LogP contribution in [0, 0.1) is 20.8 Å². The molecule has 0 aliphatic rings. The highest BCUT2D eigenvalue weighted by molar-refractivity contribution is 5.96. The molecule has 2 aromatic rings. The van der Waals surface area contributed by atoms with Gasteiger partial charge >= 0.3 is 0 Å². The molecule has 2 N–H and O–H groups in total. The van der Waals surface area contributed by atoms with E-state index in [1.54, 1.807) is 7.11 Å². The number of hydrogen-bond donors (Lipinski definition) is 2. The van der Waals surface area contributed by atoms with Gasteiger partial charge in [-0.15, -0.1) is 0 Å². The summed E-state index contributed by atoms with van der Waals surface area (Å²) in [5, 5.41) is 5.56. The van der Waals surface area contributed by atoms with Gasteiger partial charge in [0.2, 0.25) is 11.8 Å². The second kappa shape index (κ2) is 9.90. The van der Waals surface area contributed by atoms with Gasteiger partial charge in [0.25, 0.3) is 0 Å². The van der Waals surface area contributed by atoms with Crippen LogP contribution in [0.1, 0.15) is 22.3 Å². The second-order valence-corrected chi connectivity index (χ2v) is 7.12. The van der Waals surface area contributed by atoms with E-state index < -0.39 is 0 Å². The molecule has 0 saturated heterocycles. The molecule has 2 rings (SSSR count). The van der Waals surface area contributed by atoms with Crippen LogP contribution in [0.5, 0.6) is 5.75 Å². The molecular weight excluding hydrogens is 354 g/mol. The van der Waals surface area contributed by atoms with E-state index in [2.05, 4.69) is 10.6 Å². The number of carbonyl (C=O) groups is 2.